The number of aromatic nitrogens is 4. The molecule has 4 rings (SSSR count). The molecule has 1 saturated heterocycles. The molecule has 30 heavy (non-hydrogen) atoms. The highest BCUT2D eigenvalue weighted by atomic mass is 32.2. The van der Waals surface area contributed by atoms with Gasteiger partial charge in [0.15, 0.2) is 10.3 Å². The Morgan fingerprint density at radius 1 is 1.30 bits per heavy atom. The van der Waals surface area contributed by atoms with Crippen molar-refractivity contribution in [1.29, 1.82) is 0 Å². The summed E-state index contributed by atoms with van der Waals surface area (Å²) >= 11 is 2.69. The fraction of sp³-hybridized carbons (Fsp3) is 0.350. The van der Waals surface area contributed by atoms with Crippen molar-refractivity contribution in [3.63, 3.8) is 0 Å². The van der Waals surface area contributed by atoms with Crippen LogP contribution in [0.1, 0.15) is 24.0 Å². The van der Waals surface area contributed by atoms with E-state index < -0.39 is 6.04 Å². The molecule has 1 unspecified atom stereocenters. The second kappa shape index (κ2) is 8.97. The first-order valence-corrected chi connectivity index (χ1v) is 11.5. The molecular weight excluding hydrogens is 420 g/mol. The number of rotatable bonds is 6. The zero-order valence-corrected chi connectivity index (χ0v) is 18.4. The molecule has 1 aromatic carbocycles. The molecule has 156 valence electrons. The van der Waals surface area contributed by atoms with Crippen LogP contribution in [-0.2, 0) is 9.59 Å². The number of nitrogens with one attached hydrogen (secondary N) is 1. The Labute approximate surface area is 182 Å². The zero-order valence-electron chi connectivity index (χ0n) is 16.7. The smallest absolute Gasteiger partial charge is 0.248 e. The number of likely N-dealkylation sites (tertiary alicyclic amines) is 1. The summed E-state index contributed by atoms with van der Waals surface area (Å²) in [6.07, 6.45) is 4.76. The normalized spacial score (nSPS) is 16.1. The van der Waals surface area contributed by atoms with Crippen molar-refractivity contribution < 1.29 is 9.59 Å². The maximum absolute atomic E-state index is 12.9. The molecule has 1 N–H and O–H groups in total. The van der Waals surface area contributed by atoms with Gasteiger partial charge in [-0.3, -0.25) is 14.2 Å². The molecule has 0 spiro atoms. The van der Waals surface area contributed by atoms with Crippen LogP contribution in [0, 0.1) is 13.8 Å². The summed E-state index contributed by atoms with van der Waals surface area (Å²) in [6.45, 7) is 4.71. The molecule has 3 aromatic rings. The van der Waals surface area contributed by atoms with Gasteiger partial charge in [-0.05, 0) is 49.9 Å². The molecule has 1 fully saturated rings. The topological polar surface area (TPSA) is 93.0 Å². The van der Waals surface area contributed by atoms with E-state index in [2.05, 4.69) is 46.5 Å². The fourth-order valence-corrected chi connectivity index (χ4v) is 4.74. The predicted molar refractivity (Wildman–Crippen MR) is 117 cm³/mol. The van der Waals surface area contributed by atoms with Crippen molar-refractivity contribution in [3.8, 4) is 5.69 Å². The molecule has 1 aliphatic heterocycles. The molecule has 1 atom stereocenters. The molecule has 3 heterocycles. The highest BCUT2D eigenvalue weighted by Crippen LogP contribution is 2.25. The Morgan fingerprint density at radius 2 is 2.17 bits per heavy atom. The summed E-state index contributed by atoms with van der Waals surface area (Å²) < 4.78 is 1.88. The van der Waals surface area contributed by atoms with Crippen molar-refractivity contribution in [2.24, 2.45) is 0 Å². The van der Waals surface area contributed by atoms with Crippen LogP contribution in [0.4, 0.5) is 5.13 Å². The lowest BCUT2D eigenvalue weighted by Crippen LogP contribution is -2.44. The average molecular weight is 443 g/mol. The van der Waals surface area contributed by atoms with Crippen LogP contribution in [0.3, 0.4) is 0 Å². The average Bonchev–Trinajstić information content (AvgIpc) is 3.49. The van der Waals surface area contributed by atoms with E-state index in [1.54, 1.807) is 22.8 Å². The second-order valence-corrected chi connectivity index (χ2v) is 8.95. The number of hydrogen-bond donors (Lipinski definition) is 1. The van der Waals surface area contributed by atoms with Crippen LogP contribution in [0.25, 0.3) is 5.69 Å². The lowest BCUT2D eigenvalue weighted by molar-refractivity contribution is -0.134. The Kier molecular flexibility index (Phi) is 6.14. The summed E-state index contributed by atoms with van der Waals surface area (Å²) in [5, 5.41) is 14.0. The minimum atomic E-state index is -0.459. The van der Waals surface area contributed by atoms with Gasteiger partial charge in [0.05, 0.1) is 5.75 Å². The van der Waals surface area contributed by atoms with E-state index in [0.29, 0.717) is 23.3 Å². The predicted octanol–water partition coefficient (Wildman–Crippen LogP) is 3.06. The van der Waals surface area contributed by atoms with Gasteiger partial charge in [-0.25, -0.2) is 4.98 Å². The van der Waals surface area contributed by atoms with E-state index in [0.717, 1.165) is 12.1 Å². The molecular formula is C20H22N6O2S2. The zero-order chi connectivity index (χ0) is 21.1. The summed E-state index contributed by atoms with van der Waals surface area (Å²) in [5.41, 5.74) is 3.35. The second-order valence-electron chi connectivity index (χ2n) is 7.11. The van der Waals surface area contributed by atoms with Gasteiger partial charge in [0.1, 0.15) is 12.4 Å². The van der Waals surface area contributed by atoms with Crippen molar-refractivity contribution in [2.45, 2.75) is 37.9 Å². The largest absolute Gasteiger partial charge is 0.330 e. The Balaban J connectivity index is 1.40. The number of aryl methyl sites for hydroxylation is 2. The Hall–Kier alpha value is -2.72. The van der Waals surface area contributed by atoms with Crippen molar-refractivity contribution in [2.75, 3.05) is 17.6 Å². The van der Waals surface area contributed by atoms with E-state index in [1.807, 2.05) is 10.6 Å². The Bertz CT molecular complexity index is 1050. The number of carbonyl (C=O) groups is 2. The summed E-state index contributed by atoms with van der Waals surface area (Å²) in [6, 6.07) is 5.68. The number of thioether (sulfide) groups is 1. The number of hydrogen-bond acceptors (Lipinski definition) is 7. The molecule has 0 aliphatic carbocycles. The minimum absolute atomic E-state index is 0.0774. The quantitative estimate of drug-likeness (QED) is 0.590. The number of nitrogens with zero attached hydrogens (tertiary/aromatic N) is 5. The lowest BCUT2D eigenvalue weighted by atomic mass is 10.1. The molecule has 1 aliphatic rings. The minimum Gasteiger partial charge on any atom is -0.330 e. The van der Waals surface area contributed by atoms with Gasteiger partial charge >= 0.3 is 0 Å². The van der Waals surface area contributed by atoms with Gasteiger partial charge in [-0.15, -0.1) is 21.5 Å². The van der Waals surface area contributed by atoms with Crippen LogP contribution in [0.15, 0.2) is 41.3 Å². The molecule has 0 bridgehead atoms. The van der Waals surface area contributed by atoms with Crippen LogP contribution in [0.2, 0.25) is 0 Å². The summed E-state index contributed by atoms with van der Waals surface area (Å²) in [7, 11) is 0. The maximum atomic E-state index is 12.9. The summed E-state index contributed by atoms with van der Waals surface area (Å²) in [4.78, 5) is 31.2. The van der Waals surface area contributed by atoms with Crippen LogP contribution >= 0.6 is 23.1 Å². The fourth-order valence-electron chi connectivity index (χ4n) is 3.40. The highest BCUT2D eigenvalue weighted by molar-refractivity contribution is 7.99. The van der Waals surface area contributed by atoms with E-state index in [1.165, 1.54) is 34.2 Å². The first-order valence-electron chi connectivity index (χ1n) is 9.63. The van der Waals surface area contributed by atoms with Crippen LogP contribution < -0.4 is 5.32 Å². The van der Waals surface area contributed by atoms with Crippen LogP contribution in [0.5, 0.6) is 0 Å². The number of thiazole rings is 1. The molecule has 0 saturated carbocycles. The SMILES string of the molecule is Cc1ccc(-n2cnnc2SCC(=O)N2CCCC2C(=O)Nc2nccs2)cc1C. The maximum Gasteiger partial charge on any atom is 0.248 e. The highest BCUT2D eigenvalue weighted by Gasteiger charge is 2.34. The van der Waals surface area contributed by atoms with Gasteiger partial charge < -0.3 is 10.2 Å². The number of benzene rings is 1. The third kappa shape index (κ3) is 4.39. The third-order valence-corrected chi connectivity index (χ3v) is 6.76. The van der Waals surface area contributed by atoms with E-state index in [-0.39, 0.29) is 17.6 Å². The molecule has 2 aromatic heterocycles. The monoisotopic (exact) mass is 442 g/mol. The van der Waals surface area contributed by atoms with E-state index >= 15 is 0 Å². The number of carbonyl (C=O) groups excluding carboxylic acids is 2. The van der Waals surface area contributed by atoms with Gasteiger partial charge in [-0.1, -0.05) is 17.8 Å². The first kappa shape index (κ1) is 20.5. The standard InChI is InChI=1S/C20H22N6O2S2/c1-13-5-6-15(10-14(13)2)26-12-22-24-20(26)30-11-17(27)25-8-3-4-16(25)18(28)23-19-21-7-9-29-19/h5-7,9-10,12,16H,3-4,8,11H2,1-2H3,(H,21,23,28). The molecule has 10 heteroatoms. The van der Waals surface area contributed by atoms with Crippen molar-refractivity contribution in [1.82, 2.24) is 24.6 Å². The van der Waals surface area contributed by atoms with E-state index in [4.69, 9.17) is 0 Å². The molecule has 0 radical (unpaired) electrons. The molecule has 2 amide bonds. The van der Waals surface area contributed by atoms with Crippen molar-refractivity contribution in [3.05, 3.63) is 47.2 Å². The van der Waals surface area contributed by atoms with Gasteiger partial charge in [0.25, 0.3) is 0 Å². The van der Waals surface area contributed by atoms with Gasteiger partial charge in [0, 0.05) is 23.8 Å². The number of anilines is 1. The lowest BCUT2D eigenvalue weighted by Gasteiger charge is -2.23. The van der Waals surface area contributed by atoms with E-state index in [9.17, 15) is 9.59 Å². The molecule has 8 nitrogen and oxygen atoms in total. The first-order chi connectivity index (χ1) is 14.5. The third-order valence-electron chi connectivity index (χ3n) is 5.15. The number of amides is 2. The van der Waals surface area contributed by atoms with Gasteiger partial charge in [0.2, 0.25) is 11.8 Å². The summed E-state index contributed by atoms with van der Waals surface area (Å²) in [5.74, 6) is -0.0598. The van der Waals surface area contributed by atoms with Crippen LogP contribution in [-0.4, -0.2) is 54.8 Å². The Morgan fingerprint density at radius 3 is 2.93 bits per heavy atom. The van der Waals surface area contributed by atoms with Gasteiger partial charge in [-0.2, -0.15) is 0 Å². The van der Waals surface area contributed by atoms with Crippen molar-refractivity contribution >= 4 is 40.0 Å².